The highest BCUT2D eigenvalue weighted by atomic mass is 16.5. The smallest absolute Gasteiger partial charge is 0.323 e. The van der Waals surface area contributed by atoms with Gasteiger partial charge in [0.15, 0.2) is 5.82 Å². The van der Waals surface area contributed by atoms with Gasteiger partial charge in [0, 0.05) is 73.3 Å². The molecule has 46 heavy (non-hydrogen) atoms. The van der Waals surface area contributed by atoms with E-state index in [-0.39, 0.29) is 11.9 Å². The summed E-state index contributed by atoms with van der Waals surface area (Å²) in [5, 5.41) is 5.76. The van der Waals surface area contributed by atoms with Crippen LogP contribution in [0.25, 0.3) is 11.4 Å². The van der Waals surface area contributed by atoms with Gasteiger partial charge in [-0.15, -0.1) is 0 Å². The average molecular weight is 627 g/mol. The molecule has 3 fully saturated rings. The molecule has 12 heteroatoms. The zero-order chi connectivity index (χ0) is 31.6. The van der Waals surface area contributed by atoms with E-state index in [0.29, 0.717) is 61.3 Å². The SMILES string of the molecule is CN(C)C1CCN(C(=O)c2ccc(NC(=O)Nc3ccc(-c4nc(N5CCOCC5)c5c(n4)N4CCOCC4C5)cc3)cc2)CC1. The number of ether oxygens (including phenoxy) is 2. The third-order valence-electron chi connectivity index (χ3n) is 9.49. The number of morpholine rings is 2. The third-order valence-corrected chi connectivity index (χ3v) is 9.49. The van der Waals surface area contributed by atoms with Crippen LogP contribution < -0.4 is 20.4 Å². The molecule has 1 unspecified atom stereocenters. The first-order chi connectivity index (χ1) is 22.4. The second-order valence-corrected chi connectivity index (χ2v) is 12.6. The fourth-order valence-corrected chi connectivity index (χ4v) is 6.85. The number of fused-ring (bicyclic) bond motifs is 3. The number of hydrogen-bond acceptors (Lipinski definition) is 9. The quantitative estimate of drug-likeness (QED) is 0.424. The molecule has 7 rings (SSSR count). The van der Waals surface area contributed by atoms with Crippen molar-refractivity contribution in [1.82, 2.24) is 19.8 Å². The molecule has 0 spiro atoms. The maximum Gasteiger partial charge on any atom is 0.323 e. The van der Waals surface area contributed by atoms with Crippen LogP contribution in [0.2, 0.25) is 0 Å². The lowest BCUT2D eigenvalue weighted by molar-refractivity contribution is 0.0663. The number of carbonyl (C=O) groups excluding carboxylic acids is 2. The number of carbonyl (C=O) groups is 2. The Hall–Kier alpha value is -4.26. The fraction of sp³-hybridized carbons (Fsp3) is 0.471. The summed E-state index contributed by atoms with van der Waals surface area (Å²) in [6.45, 7) is 6.71. The van der Waals surface area contributed by atoms with Crippen molar-refractivity contribution >= 4 is 34.9 Å². The van der Waals surface area contributed by atoms with E-state index in [2.05, 4.69) is 39.4 Å². The molecular weight excluding hydrogens is 584 g/mol. The zero-order valence-electron chi connectivity index (χ0n) is 26.6. The number of amides is 3. The van der Waals surface area contributed by atoms with E-state index in [1.807, 2.05) is 29.2 Å². The Bertz CT molecular complexity index is 1550. The van der Waals surface area contributed by atoms with Crippen molar-refractivity contribution in [2.75, 3.05) is 93.7 Å². The predicted octanol–water partition coefficient (Wildman–Crippen LogP) is 3.55. The molecule has 0 saturated carbocycles. The molecule has 242 valence electrons. The first-order valence-electron chi connectivity index (χ1n) is 16.2. The molecule has 4 aliphatic rings. The van der Waals surface area contributed by atoms with Crippen LogP contribution in [-0.4, -0.2) is 117 Å². The molecule has 5 heterocycles. The summed E-state index contributed by atoms with van der Waals surface area (Å²) in [5.41, 5.74) is 3.96. The number of nitrogens with zero attached hydrogens (tertiary/aromatic N) is 6. The number of benzene rings is 2. The highest BCUT2D eigenvalue weighted by molar-refractivity contribution is 6.00. The minimum absolute atomic E-state index is 0.0301. The van der Waals surface area contributed by atoms with E-state index in [1.54, 1.807) is 24.3 Å². The Morgan fingerprint density at radius 2 is 1.43 bits per heavy atom. The topological polar surface area (TPSA) is 115 Å². The summed E-state index contributed by atoms with van der Waals surface area (Å²) in [6.07, 6.45) is 2.84. The minimum atomic E-state index is -0.362. The van der Waals surface area contributed by atoms with Gasteiger partial charge >= 0.3 is 6.03 Å². The van der Waals surface area contributed by atoms with E-state index in [1.165, 1.54) is 5.56 Å². The molecule has 1 aromatic heterocycles. The van der Waals surface area contributed by atoms with Gasteiger partial charge in [-0.3, -0.25) is 4.79 Å². The molecule has 1 atom stereocenters. The summed E-state index contributed by atoms with van der Waals surface area (Å²) >= 11 is 0. The maximum absolute atomic E-state index is 13.0. The van der Waals surface area contributed by atoms with Crippen LogP contribution in [0.1, 0.15) is 28.8 Å². The first-order valence-corrected chi connectivity index (χ1v) is 16.2. The molecule has 0 bridgehead atoms. The molecule has 12 nitrogen and oxygen atoms in total. The maximum atomic E-state index is 13.0. The summed E-state index contributed by atoms with van der Waals surface area (Å²) < 4.78 is 11.4. The molecular formula is C34H42N8O4. The van der Waals surface area contributed by atoms with Crippen molar-refractivity contribution in [1.29, 1.82) is 0 Å². The van der Waals surface area contributed by atoms with Crippen molar-refractivity contribution in [3.8, 4) is 11.4 Å². The van der Waals surface area contributed by atoms with Gasteiger partial charge < -0.3 is 39.7 Å². The van der Waals surface area contributed by atoms with Gasteiger partial charge in [-0.2, -0.15) is 0 Å². The van der Waals surface area contributed by atoms with Gasteiger partial charge in [-0.05, 0) is 75.5 Å². The number of hydrogen-bond donors (Lipinski definition) is 2. The van der Waals surface area contributed by atoms with Crippen LogP contribution in [0.3, 0.4) is 0 Å². The van der Waals surface area contributed by atoms with Gasteiger partial charge in [-0.1, -0.05) is 0 Å². The first kappa shape index (κ1) is 30.4. The van der Waals surface area contributed by atoms with Gasteiger partial charge in [0.05, 0.1) is 32.5 Å². The van der Waals surface area contributed by atoms with Crippen LogP contribution in [0.4, 0.5) is 27.8 Å². The van der Waals surface area contributed by atoms with Crippen LogP contribution >= 0.6 is 0 Å². The number of anilines is 4. The molecule has 4 aliphatic heterocycles. The molecule has 0 aliphatic carbocycles. The number of piperidine rings is 1. The van der Waals surface area contributed by atoms with E-state index in [9.17, 15) is 9.59 Å². The predicted molar refractivity (Wildman–Crippen MR) is 178 cm³/mol. The minimum Gasteiger partial charge on any atom is -0.378 e. The fourth-order valence-electron chi connectivity index (χ4n) is 6.85. The normalized spacial score (nSPS) is 20.0. The van der Waals surface area contributed by atoms with Gasteiger partial charge in [-0.25, -0.2) is 14.8 Å². The number of aromatic nitrogens is 2. The molecule has 2 aromatic carbocycles. The Morgan fingerprint density at radius 1 is 0.804 bits per heavy atom. The van der Waals surface area contributed by atoms with E-state index in [4.69, 9.17) is 19.4 Å². The van der Waals surface area contributed by atoms with Gasteiger partial charge in [0.2, 0.25) is 0 Å². The summed E-state index contributed by atoms with van der Waals surface area (Å²) in [7, 11) is 4.18. The Labute approximate surface area is 269 Å². The number of urea groups is 1. The summed E-state index contributed by atoms with van der Waals surface area (Å²) in [5.74, 6) is 2.69. The van der Waals surface area contributed by atoms with Crippen molar-refractivity contribution < 1.29 is 19.1 Å². The molecule has 2 N–H and O–H groups in total. The van der Waals surface area contributed by atoms with Crippen molar-refractivity contribution in [3.05, 3.63) is 59.7 Å². The second-order valence-electron chi connectivity index (χ2n) is 12.6. The Kier molecular flexibility index (Phi) is 8.74. The van der Waals surface area contributed by atoms with E-state index >= 15 is 0 Å². The zero-order valence-corrected chi connectivity index (χ0v) is 26.6. The summed E-state index contributed by atoms with van der Waals surface area (Å²) in [4.78, 5) is 44.7. The third kappa shape index (κ3) is 6.37. The summed E-state index contributed by atoms with van der Waals surface area (Å²) in [6, 6.07) is 15.1. The number of likely N-dealkylation sites (tertiary alicyclic amines) is 1. The lowest BCUT2D eigenvalue weighted by Crippen LogP contribution is -2.44. The van der Waals surface area contributed by atoms with Gasteiger partial charge in [0.25, 0.3) is 5.91 Å². The molecule has 0 radical (unpaired) electrons. The standard InChI is InChI=1S/C34H42N8O4/c1-39(2)27-11-13-41(14-12-27)33(43)24-5-9-26(10-6-24)36-34(44)35-25-7-3-23(4-8-25)30-37-31(40-15-18-45-19-16-40)29-21-28-22-46-20-17-42(28)32(29)38-30/h3-10,27-28H,11-22H2,1-2H3,(H2,35,36,44). The Morgan fingerprint density at radius 3 is 2.11 bits per heavy atom. The average Bonchev–Trinajstić information content (AvgIpc) is 3.47. The van der Waals surface area contributed by atoms with Gasteiger partial charge in [0.1, 0.15) is 11.6 Å². The monoisotopic (exact) mass is 626 g/mol. The van der Waals surface area contributed by atoms with Crippen LogP contribution in [0.5, 0.6) is 0 Å². The van der Waals surface area contributed by atoms with Crippen molar-refractivity contribution in [2.45, 2.75) is 31.3 Å². The largest absolute Gasteiger partial charge is 0.378 e. The van der Waals surface area contributed by atoms with Crippen LogP contribution in [0, 0.1) is 0 Å². The second kappa shape index (κ2) is 13.2. The molecule has 3 amide bonds. The molecule has 3 saturated heterocycles. The van der Waals surface area contributed by atoms with Crippen molar-refractivity contribution in [2.24, 2.45) is 0 Å². The number of rotatable bonds is 6. The van der Waals surface area contributed by atoms with Crippen molar-refractivity contribution in [3.63, 3.8) is 0 Å². The van der Waals surface area contributed by atoms with Crippen LogP contribution in [-0.2, 0) is 15.9 Å². The van der Waals surface area contributed by atoms with E-state index < -0.39 is 0 Å². The highest BCUT2D eigenvalue weighted by Gasteiger charge is 2.37. The number of nitrogens with one attached hydrogen (secondary N) is 2. The Balaban J connectivity index is 0.996. The van der Waals surface area contributed by atoms with Crippen LogP contribution in [0.15, 0.2) is 48.5 Å². The van der Waals surface area contributed by atoms with E-state index in [0.717, 1.165) is 69.2 Å². The molecule has 3 aromatic rings. The lowest BCUT2D eigenvalue weighted by atomic mass is 10.0. The lowest BCUT2D eigenvalue weighted by Gasteiger charge is -2.35. The highest BCUT2D eigenvalue weighted by Crippen LogP contribution is 2.39.